The number of hydrogen-bond donors (Lipinski definition) is 0. The Kier molecular flexibility index (Phi) is 2.42. The van der Waals surface area contributed by atoms with Gasteiger partial charge in [-0.25, -0.2) is 8.42 Å². The van der Waals surface area contributed by atoms with Crippen LogP contribution in [0.2, 0.25) is 0 Å². The topological polar surface area (TPSA) is 34.1 Å². The Hall–Kier alpha value is -1.61. The molecule has 1 heterocycles. The Morgan fingerprint density at radius 2 is 1.53 bits per heavy atom. The lowest BCUT2D eigenvalue weighted by atomic mass is 9.77. The van der Waals surface area contributed by atoms with E-state index in [-0.39, 0.29) is 5.41 Å². The summed E-state index contributed by atoms with van der Waals surface area (Å²) >= 11 is 0. The van der Waals surface area contributed by atoms with Gasteiger partial charge in [0.1, 0.15) is 0 Å². The lowest BCUT2D eigenvalue weighted by Gasteiger charge is -2.34. The average Bonchev–Trinajstić information content (AvgIpc) is 2.37. The Morgan fingerprint density at radius 1 is 0.895 bits per heavy atom. The second-order valence-corrected chi connectivity index (χ2v) is 7.51. The van der Waals surface area contributed by atoms with E-state index in [1.807, 2.05) is 31.2 Å². The van der Waals surface area contributed by atoms with Crippen molar-refractivity contribution in [3.63, 3.8) is 0 Å². The minimum atomic E-state index is -3.39. The predicted molar refractivity (Wildman–Crippen MR) is 75.2 cm³/mol. The summed E-state index contributed by atoms with van der Waals surface area (Å²) in [6.45, 7) is 6.15. The van der Waals surface area contributed by atoms with Crippen LogP contribution in [0.1, 0.15) is 30.5 Å². The molecule has 0 unspecified atom stereocenters. The molecular formula is C16H16O2S. The predicted octanol–water partition coefficient (Wildman–Crippen LogP) is 3.47. The van der Waals surface area contributed by atoms with Gasteiger partial charge in [0.2, 0.25) is 9.84 Å². The highest BCUT2D eigenvalue weighted by atomic mass is 32.2. The van der Waals surface area contributed by atoms with Crippen molar-refractivity contribution in [1.29, 1.82) is 0 Å². The van der Waals surface area contributed by atoms with E-state index in [1.54, 1.807) is 18.2 Å². The van der Waals surface area contributed by atoms with E-state index >= 15 is 0 Å². The van der Waals surface area contributed by atoms with Gasteiger partial charge in [-0.1, -0.05) is 49.7 Å². The maximum absolute atomic E-state index is 12.7. The molecule has 2 nitrogen and oxygen atoms in total. The van der Waals surface area contributed by atoms with Gasteiger partial charge in [0.25, 0.3) is 0 Å². The lowest BCUT2D eigenvalue weighted by molar-refractivity contribution is 0.555. The Balaban J connectivity index is 2.48. The van der Waals surface area contributed by atoms with Crippen LogP contribution in [0, 0.1) is 6.92 Å². The molecule has 0 amide bonds. The van der Waals surface area contributed by atoms with Crippen LogP contribution in [-0.4, -0.2) is 8.42 Å². The number of aryl methyl sites for hydroxylation is 1. The Labute approximate surface area is 114 Å². The molecule has 0 aromatic heterocycles. The minimum absolute atomic E-state index is 0.288. The summed E-state index contributed by atoms with van der Waals surface area (Å²) < 4.78 is 25.4. The first kappa shape index (κ1) is 12.4. The Bertz CT molecular complexity index is 771. The summed E-state index contributed by atoms with van der Waals surface area (Å²) in [5.41, 5.74) is 2.57. The van der Waals surface area contributed by atoms with Gasteiger partial charge in [-0.15, -0.1) is 0 Å². The lowest BCUT2D eigenvalue weighted by Crippen LogP contribution is -2.29. The van der Waals surface area contributed by atoms with E-state index in [9.17, 15) is 8.42 Å². The van der Waals surface area contributed by atoms with Crippen LogP contribution in [0.25, 0.3) is 0 Å². The maximum Gasteiger partial charge on any atom is 0.207 e. The van der Waals surface area contributed by atoms with Crippen LogP contribution in [0.3, 0.4) is 0 Å². The zero-order chi connectivity index (χ0) is 13.8. The van der Waals surface area contributed by atoms with Crippen molar-refractivity contribution >= 4 is 9.84 Å². The first-order chi connectivity index (χ1) is 8.85. The molecule has 0 spiro atoms. The van der Waals surface area contributed by atoms with Crippen LogP contribution in [0.4, 0.5) is 0 Å². The van der Waals surface area contributed by atoms with Crippen molar-refractivity contribution in [2.24, 2.45) is 0 Å². The van der Waals surface area contributed by atoms with Crippen molar-refractivity contribution in [2.75, 3.05) is 0 Å². The molecule has 0 aliphatic carbocycles. The van der Waals surface area contributed by atoms with Crippen molar-refractivity contribution in [1.82, 2.24) is 0 Å². The summed E-state index contributed by atoms with van der Waals surface area (Å²) in [6.07, 6.45) is 0. The number of benzene rings is 2. The van der Waals surface area contributed by atoms with Gasteiger partial charge in [-0.3, -0.25) is 0 Å². The fourth-order valence-corrected chi connectivity index (χ4v) is 4.81. The zero-order valence-electron chi connectivity index (χ0n) is 11.3. The molecule has 2 aromatic carbocycles. The third kappa shape index (κ3) is 1.58. The summed E-state index contributed by atoms with van der Waals surface area (Å²) in [7, 11) is -3.39. The van der Waals surface area contributed by atoms with E-state index in [2.05, 4.69) is 13.8 Å². The van der Waals surface area contributed by atoms with Gasteiger partial charge in [0.05, 0.1) is 9.79 Å². The van der Waals surface area contributed by atoms with Gasteiger partial charge in [-0.05, 0) is 30.2 Å². The number of sulfone groups is 1. The van der Waals surface area contributed by atoms with Crippen LogP contribution in [0.15, 0.2) is 52.3 Å². The quantitative estimate of drug-likeness (QED) is 0.736. The molecule has 0 fully saturated rings. The molecule has 2 aromatic rings. The second-order valence-electron chi connectivity index (χ2n) is 5.62. The molecule has 3 rings (SSSR count). The van der Waals surface area contributed by atoms with E-state index in [1.165, 1.54) is 0 Å². The first-order valence-electron chi connectivity index (χ1n) is 6.31. The van der Waals surface area contributed by atoms with Crippen molar-refractivity contribution < 1.29 is 8.42 Å². The van der Waals surface area contributed by atoms with Gasteiger partial charge in [-0.2, -0.15) is 0 Å². The zero-order valence-corrected chi connectivity index (χ0v) is 12.1. The normalized spacial score (nSPS) is 18.5. The van der Waals surface area contributed by atoms with Crippen LogP contribution < -0.4 is 0 Å². The molecule has 0 radical (unpaired) electrons. The van der Waals surface area contributed by atoms with Crippen molar-refractivity contribution in [3.05, 3.63) is 59.2 Å². The molecule has 1 aliphatic heterocycles. The van der Waals surface area contributed by atoms with Gasteiger partial charge < -0.3 is 0 Å². The first-order valence-corrected chi connectivity index (χ1v) is 7.79. The monoisotopic (exact) mass is 272 g/mol. The second kappa shape index (κ2) is 3.70. The third-order valence-electron chi connectivity index (χ3n) is 3.95. The average molecular weight is 272 g/mol. The molecular weight excluding hydrogens is 256 g/mol. The molecule has 0 saturated heterocycles. The molecule has 0 N–H and O–H groups in total. The highest BCUT2D eigenvalue weighted by Gasteiger charge is 2.39. The van der Waals surface area contributed by atoms with Gasteiger partial charge in [0.15, 0.2) is 0 Å². The van der Waals surface area contributed by atoms with E-state index in [4.69, 9.17) is 0 Å². The van der Waals surface area contributed by atoms with E-state index in [0.29, 0.717) is 9.79 Å². The molecule has 0 atom stereocenters. The number of hydrogen-bond acceptors (Lipinski definition) is 2. The van der Waals surface area contributed by atoms with Crippen LogP contribution in [-0.2, 0) is 15.3 Å². The van der Waals surface area contributed by atoms with Gasteiger partial charge >= 0.3 is 0 Å². The highest BCUT2D eigenvalue weighted by molar-refractivity contribution is 7.91. The number of rotatable bonds is 0. The van der Waals surface area contributed by atoms with E-state index in [0.717, 1.165) is 16.7 Å². The molecule has 1 aliphatic rings. The largest absolute Gasteiger partial charge is 0.218 e. The minimum Gasteiger partial charge on any atom is -0.218 e. The fourth-order valence-electron chi connectivity index (χ4n) is 2.85. The van der Waals surface area contributed by atoms with Crippen molar-refractivity contribution in [2.45, 2.75) is 36.0 Å². The molecule has 0 saturated carbocycles. The van der Waals surface area contributed by atoms with E-state index < -0.39 is 9.84 Å². The summed E-state index contributed by atoms with van der Waals surface area (Å²) in [4.78, 5) is 0.887. The number of fused-ring (bicyclic) bond motifs is 2. The summed E-state index contributed by atoms with van der Waals surface area (Å²) in [6, 6.07) is 12.9. The fraction of sp³-hybridized carbons (Fsp3) is 0.250. The maximum atomic E-state index is 12.7. The SMILES string of the molecule is Cc1ccc2c(c1)C(C)(C)c1ccccc1S2(=O)=O. The Morgan fingerprint density at radius 3 is 2.26 bits per heavy atom. The standard InChI is InChI=1S/C16H16O2S/c1-11-8-9-15-13(10-11)16(2,3)12-6-4-5-7-14(12)19(15,17)18/h4-10H,1-3H3. The highest BCUT2D eigenvalue weighted by Crippen LogP contribution is 2.45. The van der Waals surface area contributed by atoms with Crippen LogP contribution in [0.5, 0.6) is 0 Å². The molecule has 3 heteroatoms. The van der Waals surface area contributed by atoms with Crippen molar-refractivity contribution in [3.8, 4) is 0 Å². The van der Waals surface area contributed by atoms with Crippen LogP contribution >= 0.6 is 0 Å². The molecule has 19 heavy (non-hydrogen) atoms. The molecule has 0 bridgehead atoms. The molecule has 98 valence electrons. The van der Waals surface area contributed by atoms with Gasteiger partial charge in [0, 0.05) is 5.41 Å². The summed E-state index contributed by atoms with van der Waals surface area (Å²) in [5.74, 6) is 0. The smallest absolute Gasteiger partial charge is 0.207 e. The third-order valence-corrected chi connectivity index (χ3v) is 5.82. The summed E-state index contributed by atoms with van der Waals surface area (Å²) in [5, 5.41) is 0.